The Hall–Kier alpha value is -2.43. The summed E-state index contributed by atoms with van der Waals surface area (Å²) in [5.74, 6) is 0.340. The number of rotatable bonds is 4. The Morgan fingerprint density at radius 3 is 2.85 bits per heavy atom. The zero-order valence-corrected chi connectivity index (χ0v) is 11.8. The lowest BCUT2D eigenvalue weighted by Gasteiger charge is -2.18. The minimum Gasteiger partial charge on any atom is -0.465 e. The van der Waals surface area contributed by atoms with Crippen molar-refractivity contribution in [2.75, 3.05) is 19.1 Å². The molecule has 0 atom stereocenters. The van der Waals surface area contributed by atoms with Crippen LogP contribution in [0.1, 0.15) is 21.7 Å². The predicted octanol–water partition coefficient (Wildman–Crippen LogP) is 2.21. The van der Waals surface area contributed by atoms with E-state index in [0.717, 1.165) is 11.4 Å². The number of hydrogen-bond donors (Lipinski definition) is 0. The minimum atomic E-state index is -0.365. The molecule has 0 spiro atoms. The summed E-state index contributed by atoms with van der Waals surface area (Å²) in [5.41, 5.74) is 2.42. The van der Waals surface area contributed by atoms with Gasteiger partial charge in [-0.3, -0.25) is 4.98 Å². The lowest BCUT2D eigenvalue weighted by Crippen LogP contribution is -2.19. The number of hydrogen-bond acceptors (Lipinski definition) is 5. The molecule has 0 saturated heterocycles. The Labute approximate surface area is 118 Å². The number of pyridine rings is 2. The maximum absolute atomic E-state index is 11.5. The third-order valence-electron chi connectivity index (χ3n) is 2.90. The van der Waals surface area contributed by atoms with Crippen LogP contribution >= 0.6 is 0 Å². The fourth-order valence-corrected chi connectivity index (χ4v) is 1.88. The van der Waals surface area contributed by atoms with Gasteiger partial charge in [-0.15, -0.1) is 0 Å². The molecule has 5 nitrogen and oxygen atoms in total. The molecule has 0 bridgehead atoms. The SMILES string of the molecule is COC(=O)c1ccnc(N(C)Cc2cccc(C)n2)c1. The van der Waals surface area contributed by atoms with Crippen LogP contribution in [0.4, 0.5) is 5.82 Å². The molecule has 0 aromatic carbocycles. The zero-order valence-electron chi connectivity index (χ0n) is 11.8. The Morgan fingerprint density at radius 2 is 2.15 bits per heavy atom. The molecule has 0 aliphatic heterocycles. The summed E-state index contributed by atoms with van der Waals surface area (Å²) in [6.45, 7) is 2.58. The molecule has 2 aromatic rings. The van der Waals surface area contributed by atoms with Crippen molar-refractivity contribution in [1.82, 2.24) is 9.97 Å². The highest BCUT2D eigenvalue weighted by molar-refractivity contribution is 5.90. The highest BCUT2D eigenvalue weighted by Crippen LogP contribution is 2.14. The Balaban J connectivity index is 2.17. The zero-order chi connectivity index (χ0) is 14.5. The van der Waals surface area contributed by atoms with Gasteiger partial charge in [-0.05, 0) is 31.2 Å². The van der Waals surface area contributed by atoms with Gasteiger partial charge >= 0.3 is 5.97 Å². The number of nitrogens with zero attached hydrogens (tertiary/aromatic N) is 3. The second kappa shape index (κ2) is 6.14. The van der Waals surface area contributed by atoms with E-state index in [0.29, 0.717) is 17.9 Å². The standard InChI is InChI=1S/C15H17N3O2/c1-11-5-4-6-13(17-11)10-18(2)14-9-12(7-8-16-14)15(19)20-3/h4-9H,10H2,1-3H3. The number of anilines is 1. The molecule has 2 rings (SSSR count). The van der Waals surface area contributed by atoms with Gasteiger partial charge in [0.05, 0.1) is 24.9 Å². The van der Waals surface area contributed by atoms with Gasteiger partial charge < -0.3 is 9.64 Å². The summed E-state index contributed by atoms with van der Waals surface area (Å²) in [6, 6.07) is 9.24. The lowest BCUT2D eigenvalue weighted by atomic mass is 10.2. The Morgan fingerprint density at radius 1 is 1.35 bits per heavy atom. The van der Waals surface area contributed by atoms with Gasteiger partial charge in [0.2, 0.25) is 0 Å². The first-order valence-electron chi connectivity index (χ1n) is 6.28. The maximum atomic E-state index is 11.5. The fourth-order valence-electron chi connectivity index (χ4n) is 1.88. The van der Waals surface area contributed by atoms with Gasteiger partial charge in [-0.25, -0.2) is 9.78 Å². The van der Waals surface area contributed by atoms with Crippen LogP contribution in [0.25, 0.3) is 0 Å². The number of carbonyl (C=O) groups is 1. The maximum Gasteiger partial charge on any atom is 0.338 e. The molecule has 20 heavy (non-hydrogen) atoms. The predicted molar refractivity (Wildman–Crippen MR) is 76.7 cm³/mol. The number of aromatic nitrogens is 2. The first-order chi connectivity index (χ1) is 9.60. The Kier molecular flexibility index (Phi) is 4.30. The normalized spacial score (nSPS) is 10.2. The Bertz CT molecular complexity index is 614. The minimum absolute atomic E-state index is 0.365. The molecule has 104 valence electrons. The summed E-state index contributed by atoms with van der Waals surface area (Å²) >= 11 is 0. The van der Waals surface area contributed by atoms with E-state index in [1.807, 2.05) is 37.1 Å². The van der Waals surface area contributed by atoms with Gasteiger partial charge in [-0.2, -0.15) is 0 Å². The topological polar surface area (TPSA) is 55.3 Å². The number of carbonyl (C=O) groups excluding carboxylic acids is 1. The van der Waals surface area contributed by atoms with E-state index in [1.54, 1.807) is 18.3 Å². The quantitative estimate of drug-likeness (QED) is 0.798. The van der Waals surface area contributed by atoms with Crippen LogP contribution in [0.3, 0.4) is 0 Å². The van der Waals surface area contributed by atoms with E-state index in [-0.39, 0.29) is 5.97 Å². The molecule has 0 aliphatic rings. The lowest BCUT2D eigenvalue weighted by molar-refractivity contribution is 0.0600. The van der Waals surface area contributed by atoms with Crippen molar-refractivity contribution in [2.45, 2.75) is 13.5 Å². The van der Waals surface area contributed by atoms with E-state index in [4.69, 9.17) is 4.74 Å². The van der Waals surface area contributed by atoms with E-state index < -0.39 is 0 Å². The molecule has 2 aromatic heterocycles. The molecular formula is C15H17N3O2. The number of methoxy groups -OCH3 is 1. The van der Waals surface area contributed by atoms with Crippen LogP contribution in [-0.2, 0) is 11.3 Å². The monoisotopic (exact) mass is 271 g/mol. The highest BCUT2D eigenvalue weighted by atomic mass is 16.5. The van der Waals surface area contributed by atoms with E-state index in [1.165, 1.54) is 7.11 Å². The molecule has 0 saturated carbocycles. The molecule has 5 heteroatoms. The molecular weight excluding hydrogens is 254 g/mol. The van der Waals surface area contributed by atoms with Crippen molar-refractivity contribution in [3.8, 4) is 0 Å². The largest absolute Gasteiger partial charge is 0.465 e. The summed E-state index contributed by atoms with van der Waals surface area (Å²) in [4.78, 5) is 22.2. The van der Waals surface area contributed by atoms with Crippen molar-refractivity contribution < 1.29 is 9.53 Å². The van der Waals surface area contributed by atoms with Crippen molar-refractivity contribution in [3.05, 3.63) is 53.5 Å². The summed E-state index contributed by atoms with van der Waals surface area (Å²) in [5, 5.41) is 0. The van der Waals surface area contributed by atoms with Crippen LogP contribution < -0.4 is 4.90 Å². The van der Waals surface area contributed by atoms with Gasteiger partial charge in [0, 0.05) is 18.9 Å². The number of aryl methyl sites for hydroxylation is 1. The molecule has 0 radical (unpaired) electrons. The second-order valence-electron chi connectivity index (χ2n) is 4.52. The van der Waals surface area contributed by atoms with Crippen LogP contribution in [0, 0.1) is 6.92 Å². The average molecular weight is 271 g/mol. The van der Waals surface area contributed by atoms with E-state index in [9.17, 15) is 4.79 Å². The van der Waals surface area contributed by atoms with E-state index >= 15 is 0 Å². The van der Waals surface area contributed by atoms with Crippen LogP contribution in [0.15, 0.2) is 36.5 Å². The number of esters is 1. The van der Waals surface area contributed by atoms with Crippen molar-refractivity contribution >= 4 is 11.8 Å². The average Bonchev–Trinajstić information content (AvgIpc) is 2.46. The molecule has 0 unspecified atom stereocenters. The summed E-state index contributed by atoms with van der Waals surface area (Å²) < 4.78 is 4.71. The smallest absolute Gasteiger partial charge is 0.338 e. The van der Waals surface area contributed by atoms with Crippen LogP contribution in [0.2, 0.25) is 0 Å². The third kappa shape index (κ3) is 3.32. The van der Waals surface area contributed by atoms with Gasteiger partial charge in [0.25, 0.3) is 0 Å². The van der Waals surface area contributed by atoms with E-state index in [2.05, 4.69) is 9.97 Å². The molecule has 0 N–H and O–H groups in total. The molecule has 2 heterocycles. The van der Waals surface area contributed by atoms with Gasteiger partial charge in [0.15, 0.2) is 0 Å². The first kappa shape index (κ1) is 14.0. The number of ether oxygens (including phenoxy) is 1. The van der Waals surface area contributed by atoms with Crippen molar-refractivity contribution in [1.29, 1.82) is 0 Å². The highest BCUT2D eigenvalue weighted by Gasteiger charge is 2.10. The van der Waals surface area contributed by atoms with Crippen molar-refractivity contribution in [3.63, 3.8) is 0 Å². The fraction of sp³-hybridized carbons (Fsp3) is 0.267. The van der Waals surface area contributed by atoms with Crippen LogP contribution in [-0.4, -0.2) is 30.1 Å². The van der Waals surface area contributed by atoms with Crippen molar-refractivity contribution in [2.24, 2.45) is 0 Å². The van der Waals surface area contributed by atoms with Gasteiger partial charge in [0.1, 0.15) is 5.82 Å². The summed E-state index contributed by atoms with van der Waals surface area (Å²) in [7, 11) is 3.27. The summed E-state index contributed by atoms with van der Waals surface area (Å²) in [6.07, 6.45) is 1.60. The molecule has 0 fully saturated rings. The third-order valence-corrected chi connectivity index (χ3v) is 2.90. The molecule has 0 aliphatic carbocycles. The first-order valence-corrected chi connectivity index (χ1v) is 6.28. The molecule has 0 amide bonds. The second-order valence-corrected chi connectivity index (χ2v) is 4.52. The van der Waals surface area contributed by atoms with Crippen LogP contribution in [0.5, 0.6) is 0 Å². The van der Waals surface area contributed by atoms with Gasteiger partial charge in [-0.1, -0.05) is 6.07 Å².